The maximum Gasteiger partial charge on any atom is 0.284 e. The van der Waals surface area contributed by atoms with E-state index in [4.69, 9.17) is 0 Å². The molecule has 3 aromatic rings. The first kappa shape index (κ1) is 22.5. The van der Waals surface area contributed by atoms with Gasteiger partial charge >= 0.3 is 0 Å². The van der Waals surface area contributed by atoms with E-state index < -0.39 is 10.0 Å². The van der Waals surface area contributed by atoms with Crippen molar-refractivity contribution in [2.45, 2.75) is 38.3 Å². The fourth-order valence-corrected chi connectivity index (χ4v) is 4.14. The van der Waals surface area contributed by atoms with E-state index in [2.05, 4.69) is 4.40 Å². The normalized spacial score (nSPS) is 12.3. The molecule has 0 aliphatic heterocycles. The lowest BCUT2D eigenvalue weighted by atomic mass is 10.1. The molecule has 0 aromatic heterocycles. The first-order valence-electron chi connectivity index (χ1n) is 10.4. The number of amidine groups is 1. The number of hydrogen-bond donors (Lipinski definition) is 0. The summed E-state index contributed by atoms with van der Waals surface area (Å²) in [5, 5.41) is 0. The average Bonchev–Trinajstić information content (AvgIpc) is 2.78. The van der Waals surface area contributed by atoms with Crippen molar-refractivity contribution < 1.29 is 8.42 Å². The summed E-state index contributed by atoms with van der Waals surface area (Å²) in [5.41, 5.74) is 3.18. The summed E-state index contributed by atoms with van der Waals surface area (Å²) in [6, 6.07) is 26.8. The molecule has 0 bridgehead atoms. The Bertz CT molecular complexity index is 1080. The van der Waals surface area contributed by atoms with Gasteiger partial charge in [-0.25, -0.2) is 0 Å². The van der Waals surface area contributed by atoms with Crippen LogP contribution in [0.15, 0.2) is 106 Å². The fraction of sp³-hybridized carbons (Fsp3) is 0.192. The molecule has 0 unspecified atom stereocenters. The maximum absolute atomic E-state index is 13.1. The van der Waals surface area contributed by atoms with Crippen LogP contribution in [-0.2, 0) is 23.1 Å². The predicted octanol–water partition coefficient (Wildman–Crippen LogP) is 5.75. The zero-order chi connectivity index (χ0) is 22.1. The first-order valence-corrected chi connectivity index (χ1v) is 11.8. The molecule has 160 valence electrons. The van der Waals surface area contributed by atoms with Crippen LogP contribution in [-0.4, -0.2) is 19.2 Å². The summed E-state index contributed by atoms with van der Waals surface area (Å²) < 4.78 is 30.4. The Kier molecular flexibility index (Phi) is 7.79. The van der Waals surface area contributed by atoms with Gasteiger partial charge in [0.1, 0.15) is 5.84 Å². The van der Waals surface area contributed by atoms with Crippen molar-refractivity contribution in [3.63, 3.8) is 0 Å². The van der Waals surface area contributed by atoms with E-state index in [1.165, 1.54) is 0 Å². The van der Waals surface area contributed by atoms with Gasteiger partial charge < -0.3 is 4.90 Å². The third-order valence-electron chi connectivity index (χ3n) is 4.79. The Morgan fingerprint density at radius 1 is 0.839 bits per heavy atom. The van der Waals surface area contributed by atoms with E-state index in [0.29, 0.717) is 18.9 Å². The molecule has 0 spiro atoms. The van der Waals surface area contributed by atoms with E-state index in [9.17, 15) is 8.42 Å². The number of benzene rings is 3. The van der Waals surface area contributed by atoms with Crippen molar-refractivity contribution in [2.24, 2.45) is 4.40 Å². The smallest absolute Gasteiger partial charge is 0.284 e. The Morgan fingerprint density at radius 3 is 1.84 bits per heavy atom. The molecule has 0 aliphatic carbocycles. The maximum atomic E-state index is 13.1. The molecular weight excluding hydrogens is 404 g/mol. The van der Waals surface area contributed by atoms with Crippen molar-refractivity contribution >= 4 is 15.9 Å². The molecule has 4 nitrogen and oxygen atoms in total. The topological polar surface area (TPSA) is 49.7 Å². The zero-order valence-corrected chi connectivity index (χ0v) is 18.8. The molecule has 0 aliphatic rings. The molecule has 0 saturated carbocycles. The molecule has 0 N–H and O–H groups in total. The van der Waals surface area contributed by atoms with E-state index in [1.807, 2.05) is 85.5 Å². The van der Waals surface area contributed by atoms with Gasteiger partial charge in [0, 0.05) is 13.1 Å². The van der Waals surface area contributed by atoms with Crippen LogP contribution in [0.3, 0.4) is 0 Å². The zero-order valence-electron chi connectivity index (χ0n) is 18.0. The second kappa shape index (κ2) is 10.7. The Balaban J connectivity index is 2.03. The van der Waals surface area contributed by atoms with Gasteiger partial charge in [0.25, 0.3) is 10.0 Å². The Morgan fingerprint density at radius 2 is 1.35 bits per heavy atom. The van der Waals surface area contributed by atoms with Gasteiger partial charge in [0.2, 0.25) is 0 Å². The minimum Gasteiger partial charge on any atom is -0.347 e. The largest absolute Gasteiger partial charge is 0.347 e. The molecular formula is C26H28N2O2S. The van der Waals surface area contributed by atoms with Crippen LogP contribution in [0.5, 0.6) is 0 Å². The second-order valence-corrected chi connectivity index (χ2v) is 8.98. The SMILES string of the molecule is CC/C=C/C(=N\S(=O)(=O)c1ccc(C)cc1)N(Cc1ccccc1)Cc1ccccc1. The van der Waals surface area contributed by atoms with Gasteiger partial charge in [-0.2, -0.15) is 8.42 Å². The van der Waals surface area contributed by atoms with Crippen LogP contribution in [0.4, 0.5) is 0 Å². The highest BCUT2D eigenvalue weighted by Gasteiger charge is 2.18. The van der Waals surface area contributed by atoms with Crippen LogP contribution in [0.2, 0.25) is 0 Å². The number of hydrogen-bond acceptors (Lipinski definition) is 2. The Hall–Kier alpha value is -3.18. The first-order chi connectivity index (χ1) is 15.0. The highest BCUT2D eigenvalue weighted by molar-refractivity contribution is 7.90. The van der Waals surface area contributed by atoms with Crippen LogP contribution in [0.1, 0.15) is 30.0 Å². The number of sulfonamides is 1. The molecule has 5 heteroatoms. The molecule has 0 radical (unpaired) electrons. The summed E-state index contributed by atoms with van der Waals surface area (Å²) in [7, 11) is -3.84. The molecule has 0 fully saturated rings. The van der Waals surface area contributed by atoms with Crippen molar-refractivity contribution in [1.29, 1.82) is 0 Å². The molecule has 3 aromatic carbocycles. The standard InChI is InChI=1S/C26H28N2O2S/c1-3-4-15-26(27-31(29,30)25-18-16-22(2)17-19-25)28(20-23-11-7-5-8-12-23)21-24-13-9-6-10-14-24/h4-19H,3,20-21H2,1-2H3/b15-4+,27-26+. The van der Waals surface area contributed by atoms with Crippen molar-refractivity contribution in [3.05, 3.63) is 114 Å². The van der Waals surface area contributed by atoms with Gasteiger partial charge in [-0.3, -0.25) is 0 Å². The van der Waals surface area contributed by atoms with E-state index in [0.717, 1.165) is 23.1 Å². The highest BCUT2D eigenvalue weighted by atomic mass is 32.2. The lowest BCUT2D eigenvalue weighted by Crippen LogP contribution is -2.29. The lowest BCUT2D eigenvalue weighted by Gasteiger charge is -2.25. The van der Waals surface area contributed by atoms with E-state index >= 15 is 0 Å². The van der Waals surface area contributed by atoms with Gasteiger partial charge in [-0.05, 0) is 42.7 Å². The number of rotatable bonds is 8. The quantitative estimate of drug-likeness (QED) is 0.336. The predicted molar refractivity (Wildman–Crippen MR) is 127 cm³/mol. The summed E-state index contributed by atoms with van der Waals surface area (Å²) in [4.78, 5) is 2.20. The van der Waals surface area contributed by atoms with Gasteiger partial charge in [-0.1, -0.05) is 91.4 Å². The van der Waals surface area contributed by atoms with Crippen molar-refractivity contribution in [1.82, 2.24) is 4.90 Å². The molecule has 3 rings (SSSR count). The second-order valence-electron chi connectivity index (χ2n) is 7.38. The third kappa shape index (κ3) is 6.66. The van der Waals surface area contributed by atoms with Crippen molar-refractivity contribution in [2.75, 3.05) is 0 Å². The van der Waals surface area contributed by atoms with Gasteiger partial charge in [0.15, 0.2) is 0 Å². The molecule has 0 atom stereocenters. The third-order valence-corrected chi connectivity index (χ3v) is 6.09. The lowest BCUT2D eigenvalue weighted by molar-refractivity contribution is 0.409. The van der Waals surface area contributed by atoms with Crippen LogP contribution >= 0.6 is 0 Å². The van der Waals surface area contributed by atoms with E-state index in [1.54, 1.807) is 30.3 Å². The summed E-state index contributed by atoms with van der Waals surface area (Å²) in [5.74, 6) is 0.426. The van der Waals surface area contributed by atoms with Crippen LogP contribution in [0.25, 0.3) is 0 Å². The monoisotopic (exact) mass is 432 g/mol. The number of aryl methyl sites for hydroxylation is 1. The highest BCUT2D eigenvalue weighted by Crippen LogP contribution is 2.17. The molecule has 31 heavy (non-hydrogen) atoms. The minimum atomic E-state index is -3.84. The summed E-state index contributed by atoms with van der Waals surface area (Å²) in [6.45, 7) is 5.04. The molecule has 0 heterocycles. The summed E-state index contributed by atoms with van der Waals surface area (Å²) >= 11 is 0. The van der Waals surface area contributed by atoms with Gasteiger partial charge in [0.05, 0.1) is 4.90 Å². The molecule has 0 saturated heterocycles. The Labute approximate surface area is 185 Å². The molecule has 0 amide bonds. The fourth-order valence-electron chi connectivity index (χ4n) is 3.13. The average molecular weight is 433 g/mol. The van der Waals surface area contributed by atoms with E-state index in [-0.39, 0.29) is 4.90 Å². The van der Waals surface area contributed by atoms with Crippen LogP contribution < -0.4 is 0 Å². The van der Waals surface area contributed by atoms with Crippen LogP contribution in [0, 0.1) is 6.92 Å². The van der Waals surface area contributed by atoms with Gasteiger partial charge in [-0.15, -0.1) is 4.40 Å². The summed E-state index contributed by atoms with van der Waals surface area (Å²) in [6.07, 6.45) is 4.53. The number of nitrogens with zero attached hydrogens (tertiary/aromatic N) is 2. The van der Waals surface area contributed by atoms with Crippen molar-refractivity contribution in [3.8, 4) is 0 Å². The number of allylic oxidation sites excluding steroid dienone is 1. The minimum absolute atomic E-state index is 0.194.